The van der Waals surface area contributed by atoms with Gasteiger partial charge in [-0.05, 0) is 56.6 Å². The predicted molar refractivity (Wildman–Crippen MR) is 136 cm³/mol. The van der Waals surface area contributed by atoms with Crippen LogP contribution in [0.2, 0.25) is 0 Å². The molecule has 2 fully saturated rings. The van der Waals surface area contributed by atoms with Gasteiger partial charge >= 0.3 is 6.01 Å². The van der Waals surface area contributed by atoms with Gasteiger partial charge in [0.2, 0.25) is 5.89 Å². The summed E-state index contributed by atoms with van der Waals surface area (Å²) in [7, 11) is 5.66. The summed E-state index contributed by atoms with van der Waals surface area (Å²) in [5, 5.41) is 11.6. The second kappa shape index (κ2) is 7.36. The Labute approximate surface area is 219 Å². The van der Waals surface area contributed by atoms with Crippen LogP contribution in [0.15, 0.2) is 53.0 Å². The van der Waals surface area contributed by atoms with Gasteiger partial charge < -0.3 is 28.8 Å². The third-order valence-electron chi connectivity index (χ3n) is 10.1. The molecular formula is C29H29FN4O4. The fourth-order valence-corrected chi connectivity index (χ4v) is 8.59. The van der Waals surface area contributed by atoms with Gasteiger partial charge in [0.1, 0.15) is 17.5 Å². The van der Waals surface area contributed by atoms with Gasteiger partial charge in [-0.3, -0.25) is 0 Å². The molecule has 4 aliphatic carbocycles. The number of para-hydroxylation sites is 1. The number of methoxy groups -OCH3 is 2. The monoisotopic (exact) mass is 516 g/mol. The van der Waals surface area contributed by atoms with E-state index in [4.69, 9.17) is 18.6 Å². The highest BCUT2D eigenvalue weighted by Gasteiger charge is 2.79. The summed E-state index contributed by atoms with van der Waals surface area (Å²) in [6.45, 7) is 0.984. The van der Waals surface area contributed by atoms with Crippen LogP contribution in [0.1, 0.15) is 35.8 Å². The topological polar surface area (TPSA) is 81.9 Å². The summed E-state index contributed by atoms with van der Waals surface area (Å²) in [6.07, 6.45) is 6.99. The molecular weight excluding hydrogens is 487 g/mol. The first-order valence-electron chi connectivity index (χ1n) is 13.1. The van der Waals surface area contributed by atoms with E-state index in [2.05, 4.69) is 45.7 Å². The van der Waals surface area contributed by atoms with Crippen LogP contribution in [0.3, 0.4) is 0 Å². The molecule has 1 saturated heterocycles. The molecule has 4 bridgehead atoms. The summed E-state index contributed by atoms with van der Waals surface area (Å²) in [5.74, 6) is 1.44. The van der Waals surface area contributed by atoms with Crippen LogP contribution in [-0.4, -0.2) is 60.7 Å². The summed E-state index contributed by atoms with van der Waals surface area (Å²) in [4.78, 5) is 2.50. The number of anilines is 2. The highest BCUT2D eigenvalue weighted by molar-refractivity contribution is 5.66. The average Bonchev–Trinajstić information content (AvgIpc) is 3.55. The highest BCUT2D eigenvalue weighted by atomic mass is 19.1. The predicted octanol–water partition coefficient (Wildman–Crippen LogP) is 4.35. The molecule has 1 aromatic heterocycles. The number of fused-ring (bicyclic) bond motifs is 1. The Kier molecular flexibility index (Phi) is 4.37. The van der Waals surface area contributed by atoms with Crippen molar-refractivity contribution in [3.05, 3.63) is 71.4 Å². The van der Waals surface area contributed by atoms with Crippen molar-refractivity contribution >= 4 is 11.7 Å². The minimum atomic E-state index is -0.817. The van der Waals surface area contributed by atoms with E-state index in [1.54, 1.807) is 32.4 Å². The van der Waals surface area contributed by atoms with Crippen molar-refractivity contribution in [1.82, 2.24) is 15.1 Å². The van der Waals surface area contributed by atoms with E-state index in [1.165, 1.54) is 17.2 Å². The first kappa shape index (κ1) is 22.5. The quantitative estimate of drug-likeness (QED) is 0.502. The minimum Gasteiger partial charge on any atom is -0.493 e. The number of likely N-dealkylation sites (tertiary alicyclic amines) is 1. The average molecular weight is 517 g/mol. The van der Waals surface area contributed by atoms with Gasteiger partial charge in [0.05, 0.1) is 24.1 Å². The number of ether oxygens (including phenoxy) is 3. The van der Waals surface area contributed by atoms with Crippen molar-refractivity contribution in [3.8, 4) is 11.5 Å². The molecule has 2 spiro atoms. The molecule has 8 nitrogen and oxygen atoms in total. The number of benzene rings is 2. The number of piperidine rings is 1. The molecule has 6 aliphatic rings. The summed E-state index contributed by atoms with van der Waals surface area (Å²) in [5.41, 5.74) is 1.66. The van der Waals surface area contributed by atoms with Crippen molar-refractivity contribution in [2.45, 2.75) is 48.3 Å². The molecule has 9 rings (SSSR count). The third-order valence-corrected chi connectivity index (χ3v) is 10.1. The molecule has 196 valence electrons. The molecule has 3 aromatic rings. The number of nitrogens with zero attached hydrogens (tertiary/aromatic N) is 3. The van der Waals surface area contributed by atoms with Gasteiger partial charge in [-0.1, -0.05) is 35.4 Å². The maximum absolute atomic E-state index is 14.3. The summed E-state index contributed by atoms with van der Waals surface area (Å²) < 4.78 is 39.6. The van der Waals surface area contributed by atoms with Gasteiger partial charge in [0, 0.05) is 24.1 Å². The zero-order valence-electron chi connectivity index (χ0n) is 21.5. The van der Waals surface area contributed by atoms with Gasteiger partial charge in [0.15, 0.2) is 11.5 Å². The largest absolute Gasteiger partial charge is 0.493 e. The van der Waals surface area contributed by atoms with Gasteiger partial charge in [-0.2, -0.15) is 0 Å². The Bertz CT molecular complexity index is 1510. The maximum atomic E-state index is 14.3. The van der Waals surface area contributed by atoms with E-state index < -0.39 is 5.60 Å². The maximum Gasteiger partial charge on any atom is 0.320 e. The molecule has 6 atom stereocenters. The molecule has 1 N–H and O–H groups in total. The zero-order chi connectivity index (χ0) is 25.9. The second-order valence-electron chi connectivity index (χ2n) is 11.3. The minimum absolute atomic E-state index is 0.148. The molecule has 9 heteroatoms. The lowest BCUT2D eigenvalue weighted by Crippen LogP contribution is -2.78. The van der Waals surface area contributed by atoms with Crippen LogP contribution in [0.25, 0.3) is 0 Å². The number of likely N-dealkylation sites (N-methyl/N-ethyl adjacent to an activating group) is 1. The molecule has 1 saturated carbocycles. The number of rotatable bonds is 5. The van der Waals surface area contributed by atoms with Gasteiger partial charge in [-0.15, -0.1) is 5.10 Å². The van der Waals surface area contributed by atoms with Crippen molar-refractivity contribution in [3.63, 3.8) is 0 Å². The molecule has 0 unspecified atom stereocenters. The lowest BCUT2D eigenvalue weighted by Gasteiger charge is -2.70. The second-order valence-corrected chi connectivity index (χ2v) is 11.3. The molecule has 3 heterocycles. The van der Waals surface area contributed by atoms with Crippen LogP contribution in [-0.2, 0) is 16.6 Å². The number of halogens is 1. The van der Waals surface area contributed by atoms with E-state index in [-0.39, 0.29) is 40.4 Å². The van der Waals surface area contributed by atoms with Gasteiger partial charge in [0.25, 0.3) is 0 Å². The molecule has 0 amide bonds. The molecule has 0 radical (unpaired) electrons. The van der Waals surface area contributed by atoms with E-state index >= 15 is 0 Å². The van der Waals surface area contributed by atoms with Crippen molar-refractivity contribution in [2.24, 2.45) is 5.41 Å². The Morgan fingerprint density at radius 3 is 2.82 bits per heavy atom. The van der Waals surface area contributed by atoms with Crippen molar-refractivity contribution < 1.29 is 23.0 Å². The van der Waals surface area contributed by atoms with Crippen LogP contribution in [0, 0.1) is 11.2 Å². The normalized spacial score (nSPS) is 35.6. The number of hydrogen-bond donors (Lipinski definition) is 1. The number of nitrogens with one attached hydrogen (secondary N) is 1. The van der Waals surface area contributed by atoms with Crippen molar-refractivity contribution in [1.29, 1.82) is 0 Å². The Balaban J connectivity index is 1.28. The lowest BCUT2D eigenvalue weighted by molar-refractivity contribution is -0.200. The Morgan fingerprint density at radius 2 is 2.00 bits per heavy atom. The standard InChI is InChI=1S/C29H29FN4O4/c1-34-13-12-28-22-16-8-9-20(35-2)23(22)37-25(28)29(36-3)11-10-27(28,21(34)14-16)15-17(29)24-32-33-26(38-24)31-19-7-5-4-6-18(19)30/h4-11,17,21,25H,12-15H2,1-3H3,(H,31,33)/t17-,21-,25-,27-,28+,29-/m1/s1. The fraction of sp³-hybridized carbons (Fsp3) is 0.448. The van der Waals surface area contributed by atoms with Gasteiger partial charge in [-0.25, -0.2) is 4.39 Å². The fourth-order valence-electron chi connectivity index (χ4n) is 8.59. The SMILES string of the molecule is COc1ccc2c3c1O[C@H]1[C@@]4(OC)C=C[C@@]5(C[C@@H]4c4nnc(Nc6ccccc6F)o4)[C@@H](C2)N(C)CC[C@]315. The lowest BCUT2D eigenvalue weighted by atomic mass is 9.37. The van der Waals surface area contributed by atoms with Crippen molar-refractivity contribution in [2.75, 3.05) is 33.1 Å². The van der Waals surface area contributed by atoms with E-state index in [0.29, 0.717) is 11.9 Å². The summed E-state index contributed by atoms with van der Waals surface area (Å²) >= 11 is 0. The summed E-state index contributed by atoms with van der Waals surface area (Å²) in [6, 6.07) is 11.1. The van der Waals surface area contributed by atoms with Crippen LogP contribution < -0.4 is 14.8 Å². The van der Waals surface area contributed by atoms with E-state index in [0.717, 1.165) is 37.3 Å². The molecule has 2 aliphatic heterocycles. The molecule has 38 heavy (non-hydrogen) atoms. The first-order valence-corrected chi connectivity index (χ1v) is 13.1. The Morgan fingerprint density at radius 1 is 1.13 bits per heavy atom. The number of aromatic nitrogens is 2. The smallest absolute Gasteiger partial charge is 0.320 e. The Hall–Kier alpha value is -3.43. The number of hydrogen-bond acceptors (Lipinski definition) is 8. The molecule has 2 aromatic carbocycles. The zero-order valence-corrected chi connectivity index (χ0v) is 21.5. The van der Waals surface area contributed by atoms with Crippen LogP contribution in [0.4, 0.5) is 16.1 Å². The van der Waals surface area contributed by atoms with Crippen LogP contribution >= 0.6 is 0 Å². The third kappa shape index (κ3) is 2.43. The van der Waals surface area contributed by atoms with E-state index in [9.17, 15) is 4.39 Å². The highest BCUT2D eigenvalue weighted by Crippen LogP contribution is 2.75. The van der Waals surface area contributed by atoms with Crippen LogP contribution in [0.5, 0.6) is 11.5 Å². The van der Waals surface area contributed by atoms with E-state index in [1.807, 2.05) is 6.07 Å². The first-order chi connectivity index (χ1) is 18.5.